The lowest BCUT2D eigenvalue weighted by atomic mass is 10.2. The molecule has 2 aromatic rings. The van der Waals surface area contributed by atoms with Crippen LogP contribution in [0.15, 0.2) is 42.7 Å². The zero-order valence-electron chi connectivity index (χ0n) is 15.0. The van der Waals surface area contributed by atoms with Gasteiger partial charge in [-0.05, 0) is 12.8 Å². The molecule has 136 valence electrons. The molecule has 6 nitrogen and oxygen atoms in total. The van der Waals surface area contributed by atoms with E-state index in [-0.39, 0.29) is 5.91 Å². The Bertz CT molecular complexity index is 720. The number of hydrogen-bond acceptors (Lipinski definition) is 5. The van der Waals surface area contributed by atoms with Gasteiger partial charge < -0.3 is 0 Å². The summed E-state index contributed by atoms with van der Waals surface area (Å²) >= 11 is 0. The maximum Gasteiger partial charge on any atom is 0.268 e. The predicted octanol–water partition coefficient (Wildman–Crippen LogP) is 2.35. The average molecular weight is 351 g/mol. The van der Waals surface area contributed by atoms with E-state index in [0.717, 1.165) is 37.8 Å². The molecule has 1 saturated heterocycles. The maximum atomic E-state index is 12.5. The summed E-state index contributed by atoms with van der Waals surface area (Å²) in [5.41, 5.74) is 4.43. The molecule has 4 rings (SSSR count). The Labute approximate surface area is 154 Å². The number of rotatable bonds is 4. The van der Waals surface area contributed by atoms with Crippen LogP contribution < -0.4 is 5.43 Å². The highest BCUT2D eigenvalue weighted by molar-refractivity contribution is 5.93. The van der Waals surface area contributed by atoms with E-state index in [1.807, 2.05) is 35.3 Å². The Morgan fingerprint density at radius 2 is 1.62 bits per heavy atom. The Morgan fingerprint density at radius 3 is 2.27 bits per heavy atom. The Kier molecular flexibility index (Phi) is 5.22. The van der Waals surface area contributed by atoms with Crippen LogP contribution in [0.5, 0.6) is 0 Å². The number of amides is 1. The van der Waals surface area contributed by atoms with E-state index >= 15 is 0 Å². The quantitative estimate of drug-likeness (QED) is 0.916. The van der Waals surface area contributed by atoms with Crippen LogP contribution in [-0.2, 0) is 0 Å². The van der Waals surface area contributed by atoms with E-state index in [9.17, 15) is 4.79 Å². The van der Waals surface area contributed by atoms with Crippen molar-refractivity contribution in [1.82, 2.24) is 25.3 Å². The monoisotopic (exact) mass is 351 g/mol. The summed E-state index contributed by atoms with van der Waals surface area (Å²) in [6.45, 7) is 3.78. The van der Waals surface area contributed by atoms with Crippen LogP contribution in [-0.4, -0.2) is 58.0 Å². The molecule has 2 aliphatic rings. The molecule has 1 aliphatic heterocycles. The van der Waals surface area contributed by atoms with Gasteiger partial charge in [0.2, 0.25) is 0 Å². The lowest BCUT2D eigenvalue weighted by Crippen LogP contribution is -2.55. The maximum absolute atomic E-state index is 12.5. The van der Waals surface area contributed by atoms with Crippen molar-refractivity contribution < 1.29 is 4.79 Å². The minimum atomic E-state index is -0.140. The van der Waals surface area contributed by atoms with E-state index in [2.05, 4.69) is 20.3 Å². The van der Waals surface area contributed by atoms with Crippen molar-refractivity contribution in [3.05, 3.63) is 48.3 Å². The van der Waals surface area contributed by atoms with Crippen molar-refractivity contribution in [3.8, 4) is 11.4 Å². The van der Waals surface area contributed by atoms with Gasteiger partial charge in [-0.3, -0.25) is 15.1 Å². The van der Waals surface area contributed by atoms with Crippen LogP contribution in [0.2, 0.25) is 0 Å². The lowest BCUT2D eigenvalue weighted by Gasteiger charge is -2.37. The van der Waals surface area contributed by atoms with Gasteiger partial charge in [-0.15, -0.1) is 0 Å². The van der Waals surface area contributed by atoms with Crippen molar-refractivity contribution in [2.45, 2.75) is 31.7 Å². The normalized spacial score (nSPS) is 19.5. The van der Waals surface area contributed by atoms with E-state index in [1.165, 1.54) is 25.7 Å². The molecular weight excluding hydrogens is 326 g/mol. The molecule has 0 atom stereocenters. The molecule has 0 unspecified atom stereocenters. The van der Waals surface area contributed by atoms with Gasteiger partial charge in [0.15, 0.2) is 5.82 Å². The fourth-order valence-electron chi connectivity index (χ4n) is 3.86. The van der Waals surface area contributed by atoms with E-state index in [1.54, 1.807) is 12.4 Å². The molecule has 2 heterocycles. The number of carbonyl (C=O) groups is 1. The van der Waals surface area contributed by atoms with Gasteiger partial charge in [-0.25, -0.2) is 15.0 Å². The molecule has 0 radical (unpaired) electrons. The van der Waals surface area contributed by atoms with Gasteiger partial charge >= 0.3 is 0 Å². The highest BCUT2D eigenvalue weighted by Gasteiger charge is 2.26. The zero-order chi connectivity index (χ0) is 17.8. The van der Waals surface area contributed by atoms with Crippen molar-refractivity contribution in [2.24, 2.45) is 0 Å². The number of nitrogens with one attached hydrogen (secondary N) is 1. The third-order valence-electron chi connectivity index (χ3n) is 5.36. The first-order chi connectivity index (χ1) is 12.8. The Morgan fingerprint density at radius 1 is 0.962 bits per heavy atom. The molecule has 1 N–H and O–H groups in total. The lowest BCUT2D eigenvalue weighted by molar-refractivity contribution is 0.0516. The summed E-state index contributed by atoms with van der Waals surface area (Å²) in [5, 5.41) is 2.01. The molecule has 0 bridgehead atoms. The number of benzene rings is 1. The van der Waals surface area contributed by atoms with Gasteiger partial charge in [0.1, 0.15) is 0 Å². The molecule has 0 spiro atoms. The Balaban J connectivity index is 1.31. The second-order valence-corrected chi connectivity index (χ2v) is 7.06. The summed E-state index contributed by atoms with van der Waals surface area (Å²) in [4.78, 5) is 23.7. The molecule has 2 fully saturated rings. The number of carbonyl (C=O) groups excluding carboxylic acids is 1. The average Bonchev–Trinajstić information content (AvgIpc) is 3.24. The number of aromatic nitrogens is 2. The zero-order valence-corrected chi connectivity index (χ0v) is 15.0. The summed E-state index contributed by atoms with van der Waals surface area (Å²) in [6, 6.07) is 10.5. The first-order valence-corrected chi connectivity index (χ1v) is 9.47. The van der Waals surface area contributed by atoms with Crippen LogP contribution >= 0.6 is 0 Å². The summed E-state index contributed by atoms with van der Waals surface area (Å²) < 4.78 is 0. The van der Waals surface area contributed by atoms with Gasteiger partial charge in [-0.1, -0.05) is 43.2 Å². The van der Waals surface area contributed by atoms with Crippen molar-refractivity contribution in [1.29, 1.82) is 0 Å². The minimum absolute atomic E-state index is 0.140. The first-order valence-electron chi connectivity index (χ1n) is 9.47. The van der Waals surface area contributed by atoms with E-state index in [4.69, 9.17) is 0 Å². The van der Waals surface area contributed by atoms with E-state index in [0.29, 0.717) is 11.4 Å². The van der Waals surface area contributed by atoms with Crippen molar-refractivity contribution in [2.75, 3.05) is 26.2 Å². The molecule has 1 aromatic heterocycles. The number of nitrogens with zero attached hydrogens (tertiary/aromatic N) is 4. The Hall–Kier alpha value is -2.31. The van der Waals surface area contributed by atoms with Crippen LogP contribution in [0.3, 0.4) is 0 Å². The van der Waals surface area contributed by atoms with E-state index < -0.39 is 0 Å². The fraction of sp³-hybridized carbons (Fsp3) is 0.450. The summed E-state index contributed by atoms with van der Waals surface area (Å²) in [6.07, 6.45) is 8.58. The third kappa shape index (κ3) is 3.92. The highest BCUT2D eigenvalue weighted by atomic mass is 16.2. The van der Waals surface area contributed by atoms with Crippen LogP contribution in [0.25, 0.3) is 11.4 Å². The number of piperazine rings is 1. The topological polar surface area (TPSA) is 61.4 Å². The fourth-order valence-corrected chi connectivity index (χ4v) is 3.86. The van der Waals surface area contributed by atoms with Gasteiger partial charge in [0, 0.05) is 50.2 Å². The van der Waals surface area contributed by atoms with Gasteiger partial charge in [-0.2, -0.15) is 0 Å². The van der Waals surface area contributed by atoms with Crippen LogP contribution in [0, 0.1) is 0 Å². The smallest absolute Gasteiger partial charge is 0.268 e. The van der Waals surface area contributed by atoms with Gasteiger partial charge in [0.05, 0.1) is 5.56 Å². The summed E-state index contributed by atoms with van der Waals surface area (Å²) in [5.74, 6) is 0.492. The summed E-state index contributed by atoms with van der Waals surface area (Å²) in [7, 11) is 0. The largest absolute Gasteiger partial charge is 0.298 e. The molecule has 6 heteroatoms. The second-order valence-electron chi connectivity index (χ2n) is 7.06. The standard InChI is InChI=1S/C20H25N5O/c26-20(17-14-21-19(22-15-17)16-6-2-1-3-7-16)23-25-12-10-24(11-13-25)18-8-4-5-9-18/h1-3,6-7,14-15,18H,4-5,8-13H2,(H,23,26). The van der Waals surface area contributed by atoms with Gasteiger partial charge in [0.25, 0.3) is 5.91 Å². The van der Waals surface area contributed by atoms with Crippen LogP contribution in [0.1, 0.15) is 36.0 Å². The van der Waals surface area contributed by atoms with Crippen molar-refractivity contribution in [3.63, 3.8) is 0 Å². The minimum Gasteiger partial charge on any atom is -0.298 e. The molecule has 1 aliphatic carbocycles. The molecular formula is C20H25N5O. The first kappa shape index (κ1) is 17.1. The second kappa shape index (κ2) is 7.93. The highest BCUT2D eigenvalue weighted by Crippen LogP contribution is 2.24. The molecule has 1 aromatic carbocycles. The number of hydrazine groups is 1. The third-order valence-corrected chi connectivity index (χ3v) is 5.36. The molecule has 26 heavy (non-hydrogen) atoms. The van der Waals surface area contributed by atoms with Crippen molar-refractivity contribution >= 4 is 5.91 Å². The van der Waals surface area contributed by atoms with Crippen LogP contribution in [0.4, 0.5) is 0 Å². The SMILES string of the molecule is O=C(NN1CCN(C2CCCC2)CC1)c1cnc(-c2ccccc2)nc1. The molecule has 1 saturated carbocycles. The molecule has 1 amide bonds. The number of hydrogen-bond donors (Lipinski definition) is 1. The predicted molar refractivity (Wildman–Crippen MR) is 100 cm³/mol.